The second-order valence-corrected chi connectivity index (χ2v) is 7.90. The van der Waals surface area contributed by atoms with Gasteiger partial charge in [0.2, 0.25) is 0 Å². The standard InChI is InChI=1S/C20H34N4/c1-16(2)23-9-11-24(12-10-23)20-14-17(3)13-19(15-20)21-18-5-7-22(4)8-6-18/h13-16,18,21H,5-12H2,1-4H3. The molecule has 134 valence electrons. The van der Waals surface area contributed by atoms with E-state index in [0.717, 1.165) is 13.1 Å². The predicted octanol–water partition coefficient (Wildman–Crippen LogP) is 3.03. The van der Waals surface area contributed by atoms with Crippen LogP contribution in [-0.4, -0.2) is 68.2 Å². The highest BCUT2D eigenvalue weighted by Crippen LogP contribution is 2.25. The van der Waals surface area contributed by atoms with Gasteiger partial charge in [-0.2, -0.15) is 0 Å². The van der Waals surface area contributed by atoms with E-state index in [4.69, 9.17) is 0 Å². The van der Waals surface area contributed by atoms with Crippen LogP contribution >= 0.6 is 0 Å². The average Bonchev–Trinajstić information content (AvgIpc) is 2.56. The first kappa shape index (κ1) is 17.6. The van der Waals surface area contributed by atoms with E-state index < -0.39 is 0 Å². The van der Waals surface area contributed by atoms with Crippen LogP contribution in [0, 0.1) is 6.92 Å². The Morgan fingerprint density at radius 3 is 2.25 bits per heavy atom. The summed E-state index contributed by atoms with van der Waals surface area (Å²) < 4.78 is 0. The maximum absolute atomic E-state index is 3.78. The van der Waals surface area contributed by atoms with Crippen molar-refractivity contribution in [1.82, 2.24) is 9.80 Å². The molecular weight excluding hydrogens is 296 g/mol. The minimum Gasteiger partial charge on any atom is -0.382 e. The number of anilines is 2. The Bertz CT molecular complexity index is 526. The molecule has 2 saturated heterocycles. The van der Waals surface area contributed by atoms with Crippen molar-refractivity contribution in [3.8, 4) is 0 Å². The first-order valence-corrected chi connectivity index (χ1v) is 9.57. The summed E-state index contributed by atoms with van der Waals surface area (Å²) in [5, 5.41) is 3.78. The van der Waals surface area contributed by atoms with Gasteiger partial charge in [0.15, 0.2) is 0 Å². The quantitative estimate of drug-likeness (QED) is 0.916. The molecule has 2 heterocycles. The molecule has 4 nitrogen and oxygen atoms in total. The highest BCUT2D eigenvalue weighted by atomic mass is 15.3. The number of nitrogens with zero attached hydrogens (tertiary/aromatic N) is 3. The van der Waals surface area contributed by atoms with Gasteiger partial charge in [-0.05, 0) is 77.5 Å². The molecule has 1 aromatic carbocycles. The lowest BCUT2D eigenvalue weighted by atomic mass is 10.0. The van der Waals surface area contributed by atoms with Gasteiger partial charge >= 0.3 is 0 Å². The minimum absolute atomic E-state index is 0.619. The summed E-state index contributed by atoms with van der Waals surface area (Å²) in [5.41, 5.74) is 4.04. The lowest BCUT2D eigenvalue weighted by molar-refractivity contribution is 0.209. The van der Waals surface area contributed by atoms with E-state index in [-0.39, 0.29) is 0 Å². The zero-order valence-electron chi connectivity index (χ0n) is 15.9. The molecule has 2 aliphatic heterocycles. The summed E-state index contributed by atoms with van der Waals surface area (Å²) in [4.78, 5) is 7.55. The fourth-order valence-corrected chi connectivity index (χ4v) is 3.91. The Hall–Kier alpha value is -1.26. The number of aryl methyl sites for hydroxylation is 1. The van der Waals surface area contributed by atoms with Gasteiger partial charge in [0.25, 0.3) is 0 Å². The lowest BCUT2D eigenvalue weighted by Gasteiger charge is -2.38. The first-order chi connectivity index (χ1) is 11.5. The molecule has 24 heavy (non-hydrogen) atoms. The smallest absolute Gasteiger partial charge is 0.0390 e. The highest BCUT2D eigenvalue weighted by molar-refractivity contribution is 5.61. The molecular formula is C20H34N4. The van der Waals surface area contributed by atoms with Crippen LogP contribution in [-0.2, 0) is 0 Å². The summed E-state index contributed by atoms with van der Waals surface area (Å²) in [6.07, 6.45) is 2.49. The average molecular weight is 331 g/mol. The summed E-state index contributed by atoms with van der Waals surface area (Å²) >= 11 is 0. The predicted molar refractivity (Wildman–Crippen MR) is 104 cm³/mol. The molecule has 0 aliphatic carbocycles. The van der Waals surface area contributed by atoms with E-state index in [2.05, 4.69) is 66.0 Å². The van der Waals surface area contributed by atoms with Gasteiger partial charge in [0.1, 0.15) is 0 Å². The zero-order chi connectivity index (χ0) is 17.1. The van der Waals surface area contributed by atoms with Gasteiger partial charge in [-0.3, -0.25) is 4.90 Å². The van der Waals surface area contributed by atoms with Gasteiger partial charge in [-0.25, -0.2) is 0 Å². The van der Waals surface area contributed by atoms with Crippen LogP contribution in [0.3, 0.4) is 0 Å². The van der Waals surface area contributed by atoms with Gasteiger partial charge in [-0.1, -0.05) is 0 Å². The van der Waals surface area contributed by atoms with Crippen LogP contribution in [0.25, 0.3) is 0 Å². The summed E-state index contributed by atoms with van der Waals surface area (Å²) in [6.45, 7) is 13.8. The highest BCUT2D eigenvalue weighted by Gasteiger charge is 2.20. The Balaban J connectivity index is 1.64. The Morgan fingerprint density at radius 2 is 1.62 bits per heavy atom. The third kappa shape index (κ3) is 4.42. The summed E-state index contributed by atoms with van der Waals surface area (Å²) in [7, 11) is 2.22. The van der Waals surface area contributed by atoms with E-state index in [1.54, 1.807) is 0 Å². The number of piperidine rings is 1. The maximum atomic E-state index is 3.78. The fraction of sp³-hybridized carbons (Fsp3) is 0.700. The Kier molecular flexibility index (Phi) is 5.67. The molecule has 0 amide bonds. The van der Waals surface area contributed by atoms with Crippen LogP contribution in [0.2, 0.25) is 0 Å². The van der Waals surface area contributed by atoms with E-state index in [1.165, 1.54) is 56.0 Å². The molecule has 0 saturated carbocycles. The van der Waals surface area contributed by atoms with E-state index in [0.29, 0.717) is 12.1 Å². The van der Waals surface area contributed by atoms with Gasteiger partial charge < -0.3 is 15.1 Å². The van der Waals surface area contributed by atoms with Crippen molar-refractivity contribution >= 4 is 11.4 Å². The van der Waals surface area contributed by atoms with Crippen molar-refractivity contribution in [3.63, 3.8) is 0 Å². The molecule has 0 atom stereocenters. The zero-order valence-corrected chi connectivity index (χ0v) is 15.9. The number of rotatable bonds is 4. The summed E-state index contributed by atoms with van der Waals surface area (Å²) in [5.74, 6) is 0. The Labute approximate surface area is 147 Å². The molecule has 0 radical (unpaired) electrons. The fourth-order valence-electron chi connectivity index (χ4n) is 3.91. The van der Waals surface area contributed by atoms with E-state index in [9.17, 15) is 0 Å². The van der Waals surface area contributed by atoms with Crippen LogP contribution in [0.1, 0.15) is 32.3 Å². The molecule has 0 spiro atoms. The normalized spacial score (nSPS) is 21.5. The van der Waals surface area contributed by atoms with Crippen LogP contribution in [0.15, 0.2) is 18.2 Å². The van der Waals surface area contributed by atoms with Crippen LogP contribution < -0.4 is 10.2 Å². The SMILES string of the molecule is Cc1cc(NC2CCN(C)CC2)cc(N2CCN(C(C)C)CC2)c1. The van der Waals surface area contributed by atoms with Crippen molar-refractivity contribution in [2.45, 2.75) is 45.7 Å². The van der Waals surface area contributed by atoms with Crippen molar-refractivity contribution < 1.29 is 0 Å². The number of hydrogen-bond acceptors (Lipinski definition) is 4. The molecule has 3 rings (SSSR count). The Morgan fingerprint density at radius 1 is 0.958 bits per heavy atom. The molecule has 0 unspecified atom stereocenters. The third-order valence-electron chi connectivity index (χ3n) is 5.56. The summed E-state index contributed by atoms with van der Waals surface area (Å²) in [6, 6.07) is 8.27. The second kappa shape index (κ2) is 7.75. The molecule has 2 fully saturated rings. The van der Waals surface area contributed by atoms with E-state index >= 15 is 0 Å². The number of nitrogens with one attached hydrogen (secondary N) is 1. The number of likely N-dealkylation sites (tertiary alicyclic amines) is 1. The number of benzene rings is 1. The largest absolute Gasteiger partial charge is 0.382 e. The third-order valence-corrected chi connectivity index (χ3v) is 5.56. The molecule has 1 aromatic rings. The molecule has 4 heteroatoms. The van der Waals surface area contributed by atoms with Crippen molar-refractivity contribution in [2.24, 2.45) is 0 Å². The van der Waals surface area contributed by atoms with Crippen LogP contribution in [0.5, 0.6) is 0 Å². The first-order valence-electron chi connectivity index (χ1n) is 9.57. The van der Waals surface area contributed by atoms with Crippen LogP contribution in [0.4, 0.5) is 11.4 Å². The topological polar surface area (TPSA) is 21.8 Å². The lowest BCUT2D eigenvalue weighted by Crippen LogP contribution is -2.48. The molecule has 0 bridgehead atoms. The van der Waals surface area contributed by atoms with Gasteiger partial charge in [0.05, 0.1) is 0 Å². The van der Waals surface area contributed by atoms with Crippen molar-refractivity contribution in [1.29, 1.82) is 0 Å². The molecule has 2 aliphatic rings. The van der Waals surface area contributed by atoms with Gasteiger partial charge in [-0.15, -0.1) is 0 Å². The van der Waals surface area contributed by atoms with Crippen molar-refractivity contribution in [2.75, 3.05) is 56.5 Å². The molecule has 1 N–H and O–H groups in total. The van der Waals surface area contributed by atoms with Crippen molar-refractivity contribution in [3.05, 3.63) is 23.8 Å². The number of hydrogen-bond donors (Lipinski definition) is 1. The number of piperazine rings is 1. The molecule has 0 aromatic heterocycles. The van der Waals surface area contributed by atoms with Gasteiger partial charge in [0, 0.05) is 49.6 Å². The second-order valence-electron chi connectivity index (χ2n) is 7.90. The maximum Gasteiger partial charge on any atom is 0.0390 e. The minimum atomic E-state index is 0.619. The monoisotopic (exact) mass is 330 g/mol. The van der Waals surface area contributed by atoms with E-state index in [1.807, 2.05) is 0 Å².